The third-order valence-electron chi connectivity index (χ3n) is 0.549. The van der Waals surface area contributed by atoms with E-state index in [9.17, 15) is 4.79 Å². The van der Waals surface area contributed by atoms with E-state index in [4.69, 9.17) is 0 Å². The molecule has 0 aromatic carbocycles. The molecule has 1 N–H and O–H groups in total. The Morgan fingerprint density at radius 1 is 1.75 bits per heavy atom. The van der Waals surface area contributed by atoms with Crippen LogP contribution in [0.15, 0.2) is 0 Å². The lowest BCUT2D eigenvalue weighted by molar-refractivity contribution is -0.139. The molecular formula is C4H9ClNO2-. The second kappa shape index (κ2) is 6.72. The fourth-order valence-electron chi connectivity index (χ4n) is 0.217. The molecule has 0 radical (unpaired) electrons. The zero-order valence-electron chi connectivity index (χ0n) is 4.90. The van der Waals surface area contributed by atoms with Gasteiger partial charge in [0.2, 0.25) is 0 Å². The largest absolute Gasteiger partial charge is 1.00 e. The van der Waals surface area contributed by atoms with Crippen molar-refractivity contribution >= 4 is 5.97 Å². The number of carbonyl (C=O) groups is 1. The van der Waals surface area contributed by atoms with Gasteiger partial charge in [0.25, 0.3) is 0 Å². The first-order chi connectivity index (χ1) is 3.31. The Bertz CT molecular complexity index is 67.1. The van der Waals surface area contributed by atoms with Gasteiger partial charge >= 0.3 is 5.97 Å². The molecule has 0 amide bonds. The minimum atomic E-state index is -0.234. The van der Waals surface area contributed by atoms with Crippen LogP contribution in [0.25, 0.3) is 0 Å². The molecule has 0 aliphatic heterocycles. The molecule has 50 valence electrons. The van der Waals surface area contributed by atoms with Crippen LogP contribution in [0.3, 0.4) is 0 Å². The maximum atomic E-state index is 10.1. The van der Waals surface area contributed by atoms with Gasteiger partial charge in [-0.25, -0.2) is 0 Å². The molecule has 0 aliphatic carbocycles. The summed E-state index contributed by atoms with van der Waals surface area (Å²) < 4.78 is 4.29. The lowest BCUT2D eigenvalue weighted by atomic mass is 10.7. The molecule has 0 aromatic rings. The Morgan fingerprint density at radius 2 is 2.25 bits per heavy atom. The molecule has 8 heavy (non-hydrogen) atoms. The van der Waals surface area contributed by atoms with Crippen LogP contribution in [0, 0.1) is 0 Å². The van der Waals surface area contributed by atoms with E-state index in [1.54, 1.807) is 7.05 Å². The summed E-state index contributed by atoms with van der Waals surface area (Å²) in [6.45, 7) is 0.288. The number of halogens is 1. The Labute approximate surface area is 54.8 Å². The monoisotopic (exact) mass is 138 g/mol. The molecule has 0 spiro atoms. The summed E-state index contributed by atoms with van der Waals surface area (Å²) >= 11 is 0. The number of carbonyl (C=O) groups excluding carboxylic acids is 1. The summed E-state index contributed by atoms with van der Waals surface area (Å²) in [7, 11) is 3.05. The first-order valence-corrected chi connectivity index (χ1v) is 2.02. The van der Waals surface area contributed by atoms with Crippen molar-refractivity contribution in [3.63, 3.8) is 0 Å². The van der Waals surface area contributed by atoms with Crippen LogP contribution in [0.2, 0.25) is 0 Å². The van der Waals surface area contributed by atoms with Crippen LogP contribution in [0.4, 0.5) is 0 Å². The molecule has 0 rings (SSSR count). The number of methoxy groups -OCH3 is 1. The molecular weight excluding hydrogens is 130 g/mol. The third kappa shape index (κ3) is 5.72. The molecule has 0 aromatic heterocycles. The van der Waals surface area contributed by atoms with E-state index >= 15 is 0 Å². The van der Waals surface area contributed by atoms with Gasteiger partial charge < -0.3 is 22.5 Å². The van der Waals surface area contributed by atoms with Gasteiger partial charge in [0, 0.05) is 0 Å². The maximum Gasteiger partial charge on any atom is 0.319 e. The summed E-state index contributed by atoms with van der Waals surface area (Å²) in [5.41, 5.74) is 0. The molecule has 0 aliphatic rings. The molecule has 0 bridgehead atoms. The third-order valence-corrected chi connectivity index (χ3v) is 0.549. The smallest absolute Gasteiger partial charge is 0.319 e. The van der Waals surface area contributed by atoms with E-state index in [2.05, 4.69) is 10.1 Å². The summed E-state index contributed by atoms with van der Waals surface area (Å²) in [6, 6.07) is 0. The van der Waals surface area contributed by atoms with Crippen LogP contribution in [-0.4, -0.2) is 26.7 Å². The molecule has 0 unspecified atom stereocenters. The Balaban J connectivity index is 0. The van der Waals surface area contributed by atoms with Gasteiger partial charge in [-0.3, -0.25) is 4.79 Å². The highest BCUT2D eigenvalue weighted by molar-refractivity contribution is 5.71. The highest BCUT2D eigenvalue weighted by Gasteiger charge is 1.91. The first-order valence-electron chi connectivity index (χ1n) is 2.02. The van der Waals surface area contributed by atoms with Crippen molar-refractivity contribution in [3.8, 4) is 0 Å². The molecule has 4 heteroatoms. The predicted molar refractivity (Wildman–Crippen MR) is 25.9 cm³/mol. The van der Waals surface area contributed by atoms with Crippen molar-refractivity contribution in [2.75, 3.05) is 20.7 Å². The van der Waals surface area contributed by atoms with Crippen LogP contribution >= 0.6 is 0 Å². The number of likely N-dealkylation sites (N-methyl/N-ethyl adjacent to an activating group) is 1. The van der Waals surface area contributed by atoms with E-state index in [1.165, 1.54) is 7.11 Å². The number of hydrogen-bond donors (Lipinski definition) is 1. The van der Waals surface area contributed by atoms with E-state index in [-0.39, 0.29) is 24.9 Å². The molecule has 0 atom stereocenters. The SMILES string of the molecule is CNCC(=O)OC.[Cl-]. The zero-order chi connectivity index (χ0) is 5.70. The van der Waals surface area contributed by atoms with Gasteiger partial charge in [0.15, 0.2) is 0 Å². The van der Waals surface area contributed by atoms with Crippen molar-refractivity contribution in [3.05, 3.63) is 0 Å². The standard InChI is InChI=1S/C4H9NO2.ClH/c1-5-3-4(6)7-2;/h5H,3H2,1-2H3;1H/p-1. The number of hydrogen-bond acceptors (Lipinski definition) is 3. The number of nitrogens with one attached hydrogen (secondary N) is 1. The average Bonchev–Trinajstić information content (AvgIpc) is 1.68. The number of esters is 1. The summed E-state index contributed by atoms with van der Waals surface area (Å²) in [4.78, 5) is 10.1. The maximum absolute atomic E-state index is 10.1. The number of rotatable bonds is 2. The topological polar surface area (TPSA) is 38.3 Å². The minimum Gasteiger partial charge on any atom is -1.00 e. The molecule has 0 fully saturated rings. The van der Waals surface area contributed by atoms with Gasteiger partial charge in [-0.15, -0.1) is 0 Å². The van der Waals surface area contributed by atoms with Crippen LogP contribution < -0.4 is 17.7 Å². The molecule has 3 nitrogen and oxygen atoms in total. The second-order valence-electron chi connectivity index (χ2n) is 1.11. The van der Waals surface area contributed by atoms with E-state index in [1.807, 2.05) is 0 Å². The normalized spacial score (nSPS) is 7.25. The van der Waals surface area contributed by atoms with Crippen LogP contribution in [0.5, 0.6) is 0 Å². The quantitative estimate of drug-likeness (QED) is 0.401. The van der Waals surface area contributed by atoms with Crippen LogP contribution in [0.1, 0.15) is 0 Å². The molecule has 0 heterocycles. The van der Waals surface area contributed by atoms with E-state index in [0.29, 0.717) is 0 Å². The average molecular weight is 139 g/mol. The Kier molecular flexibility index (Phi) is 8.95. The van der Waals surface area contributed by atoms with E-state index in [0.717, 1.165) is 0 Å². The summed E-state index contributed by atoms with van der Waals surface area (Å²) in [5, 5.41) is 2.64. The van der Waals surface area contributed by atoms with Crippen molar-refractivity contribution in [1.82, 2.24) is 5.32 Å². The molecule has 0 saturated carbocycles. The van der Waals surface area contributed by atoms with Gasteiger partial charge in [-0.2, -0.15) is 0 Å². The van der Waals surface area contributed by atoms with Gasteiger partial charge in [-0.1, -0.05) is 0 Å². The van der Waals surface area contributed by atoms with Crippen molar-refractivity contribution in [1.29, 1.82) is 0 Å². The van der Waals surface area contributed by atoms with Gasteiger partial charge in [-0.05, 0) is 7.05 Å². The van der Waals surface area contributed by atoms with Crippen molar-refractivity contribution < 1.29 is 21.9 Å². The zero-order valence-corrected chi connectivity index (χ0v) is 5.66. The van der Waals surface area contributed by atoms with Crippen molar-refractivity contribution in [2.45, 2.75) is 0 Å². The lowest BCUT2D eigenvalue weighted by Gasteiger charge is -1.93. The lowest BCUT2D eigenvalue weighted by Crippen LogP contribution is -3.00. The Hall–Kier alpha value is -0.280. The number of ether oxygens (including phenoxy) is 1. The van der Waals surface area contributed by atoms with Crippen LogP contribution in [-0.2, 0) is 9.53 Å². The van der Waals surface area contributed by atoms with Crippen molar-refractivity contribution in [2.24, 2.45) is 0 Å². The summed E-state index contributed by atoms with van der Waals surface area (Å²) in [5.74, 6) is -0.234. The van der Waals surface area contributed by atoms with Gasteiger partial charge in [0.1, 0.15) is 0 Å². The highest BCUT2D eigenvalue weighted by atomic mass is 35.5. The molecule has 0 saturated heterocycles. The summed E-state index contributed by atoms with van der Waals surface area (Å²) in [6.07, 6.45) is 0. The first kappa shape index (κ1) is 10.7. The second-order valence-corrected chi connectivity index (χ2v) is 1.11. The Morgan fingerprint density at radius 3 is 2.38 bits per heavy atom. The fourth-order valence-corrected chi connectivity index (χ4v) is 0.217. The minimum absolute atomic E-state index is 0. The van der Waals surface area contributed by atoms with Gasteiger partial charge in [0.05, 0.1) is 13.7 Å². The van der Waals surface area contributed by atoms with E-state index < -0.39 is 0 Å². The highest BCUT2D eigenvalue weighted by Crippen LogP contribution is 1.64. The fraction of sp³-hybridized carbons (Fsp3) is 0.750. The predicted octanol–water partition coefficient (Wildman–Crippen LogP) is -3.62.